The molecule has 1 aromatic carbocycles. The first kappa shape index (κ1) is 17.6. The van der Waals surface area contributed by atoms with Gasteiger partial charge in [0.25, 0.3) is 0 Å². The highest BCUT2D eigenvalue weighted by Crippen LogP contribution is 2.21. The van der Waals surface area contributed by atoms with E-state index in [0.717, 1.165) is 18.4 Å². The first-order valence-electron chi connectivity index (χ1n) is 7.47. The molecule has 2 N–H and O–H groups in total. The Kier molecular flexibility index (Phi) is 6.82. The Labute approximate surface area is 126 Å². The van der Waals surface area contributed by atoms with Gasteiger partial charge in [-0.25, -0.2) is 4.39 Å². The minimum Gasteiger partial charge on any atom is -0.396 e. The number of hydrogen-bond donors (Lipinski definition) is 2. The van der Waals surface area contributed by atoms with Crippen molar-refractivity contribution >= 4 is 5.91 Å². The number of aliphatic hydroxyl groups is 1. The minimum atomic E-state index is -0.272. The summed E-state index contributed by atoms with van der Waals surface area (Å²) in [5.74, 6) is -0.297. The van der Waals surface area contributed by atoms with Crippen molar-refractivity contribution in [2.24, 2.45) is 5.41 Å². The molecule has 0 heterocycles. The Balaban J connectivity index is 2.31. The molecule has 3 nitrogen and oxygen atoms in total. The maximum absolute atomic E-state index is 13.1. The van der Waals surface area contributed by atoms with Crippen molar-refractivity contribution in [1.29, 1.82) is 0 Å². The van der Waals surface area contributed by atoms with Crippen LogP contribution >= 0.6 is 0 Å². The zero-order chi connectivity index (χ0) is 15.9. The van der Waals surface area contributed by atoms with E-state index in [0.29, 0.717) is 13.0 Å². The highest BCUT2D eigenvalue weighted by Gasteiger charge is 2.16. The summed E-state index contributed by atoms with van der Waals surface area (Å²) in [7, 11) is 0. The summed E-state index contributed by atoms with van der Waals surface area (Å²) in [6.07, 6.45) is 2.06. The number of benzene rings is 1. The van der Waals surface area contributed by atoms with Gasteiger partial charge in [-0.1, -0.05) is 32.9 Å². The lowest BCUT2D eigenvalue weighted by Gasteiger charge is -2.21. The van der Waals surface area contributed by atoms with Crippen molar-refractivity contribution < 1.29 is 14.3 Å². The molecule has 0 aromatic heterocycles. The van der Waals surface area contributed by atoms with Crippen molar-refractivity contribution in [3.05, 3.63) is 35.6 Å². The van der Waals surface area contributed by atoms with Crippen LogP contribution in [-0.4, -0.2) is 24.2 Å². The van der Waals surface area contributed by atoms with Crippen molar-refractivity contribution in [2.75, 3.05) is 13.2 Å². The van der Waals surface area contributed by atoms with Gasteiger partial charge in [0.15, 0.2) is 0 Å². The first-order valence-corrected chi connectivity index (χ1v) is 7.47. The van der Waals surface area contributed by atoms with Crippen LogP contribution in [-0.2, 0) is 4.79 Å². The Hall–Kier alpha value is -1.42. The average molecular weight is 295 g/mol. The van der Waals surface area contributed by atoms with E-state index in [2.05, 4.69) is 5.32 Å². The second kappa shape index (κ2) is 8.13. The molecule has 4 heteroatoms. The highest BCUT2D eigenvalue weighted by atomic mass is 19.1. The Morgan fingerprint density at radius 3 is 2.76 bits per heavy atom. The molecular weight excluding hydrogens is 269 g/mol. The SMILES string of the molecule is CC(CC(=O)NCCCC(C)(C)CO)c1cccc(F)c1. The number of amides is 1. The third-order valence-corrected chi connectivity index (χ3v) is 3.69. The predicted octanol–water partition coefficient (Wildman–Crippen LogP) is 3.23. The van der Waals surface area contributed by atoms with Crippen LogP contribution in [0.5, 0.6) is 0 Å². The quantitative estimate of drug-likeness (QED) is 0.723. The normalized spacial score (nSPS) is 13.0. The molecular formula is C17H26FNO2. The van der Waals surface area contributed by atoms with Gasteiger partial charge in [0, 0.05) is 19.6 Å². The molecule has 0 saturated heterocycles. The molecule has 0 fully saturated rings. The van der Waals surface area contributed by atoms with E-state index >= 15 is 0 Å². The fourth-order valence-electron chi connectivity index (χ4n) is 2.16. The lowest BCUT2D eigenvalue weighted by molar-refractivity contribution is -0.121. The number of aliphatic hydroxyl groups excluding tert-OH is 1. The van der Waals surface area contributed by atoms with Gasteiger partial charge in [-0.05, 0) is 41.9 Å². The second-order valence-corrected chi connectivity index (χ2v) is 6.44. The molecule has 1 atom stereocenters. The maximum atomic E-state index is 13.1. The van der Waals surface area contributed by atoms with E-state index < -0.39 is 0 Å². The number of halogens is 1. The van der Waals surface area contributed by atoms with Gasteiger partial charge in [0.1, 0.15) is 5.82 Å². The molecule has 1 unspecified atom stereocenters. The van der Waals surface area contributed by atoms with E-state index in [-0.39, 0.29) is 29.7 Å². The van der Waals surface area contributed by atoms with Crippen LogP contribution < -0.4 is 5.32 Å². The van der Waals surface area contributed by atoms with Crippen LogP contribution in [0.15, 0.2) is 24.3 Å². The molecule has 0 aliphatic carbocycles. The van der Waals surface area contributed by atoms with Crippen LogP contribution in [0.1, 0.15) is 51.5 Å². The molecule has 0 radical (unpaired) electrons. The predicted molar refractivity (Wildman–Crippen MR) is 82.5 cm³/mol. The van der Waals surface area contributed by atoms with Crippen molar-refractivity contribution in [2.45, 2.75) is 46.0 Å². The van der Waals surface area contributed by atoms with E-state index in [1.54, 1.807) is 6.07 Å². The van der Waals surface area contributed by atoms with Crippen molar-refractivity contribution in [3.63, 3.8) is 0 Å². The molecule has 1 aromatic rings. The highest BCUT2D eigenvalue weighted by molar-refractivity contribution is 5.76. The summed E-state index contributed by atoms with van der Waals surface area (Å²) in [5.41, 5.74) is 0.742. The summed E-state index contributed by atoms with van der Waals surface area (Å²) in [4.78, 5) is 11.9. The molecule has 118 valence electrons. The van der Waals surface area contributed by atoms with Crippen LogP contribution in [0, 0.1) is 11.2 Å². The number of carbonyl (C=O) groups excluding carboxylic acids is 1. The van der Waals surface area contributed by atoms with Crippen molar-refractivity contribution in [3.8, 4) is 0 Å². The molecule has 0 aliphatic rings. The average Bonchev–Trinajstić information content (AvgIpc) is 2.43. The van der Waals surface area contributed by atoms with Gasteiger partial charge >= 0.3 is 0 Å². The Morgan fingerprint density at radius 1 is 1.43 bits per heavy atom. The zero-order valence-corrected chi connectivity index (χ0v) is 13.2. The monoisotopic (exact) mass is 295 g/mol. The molecule has 0 spiro atoms. The fraction of sp³-hybridized carbons (Fsp3) is 0.588. The van der Waals surface area contributed by atoms with Crippen molar-refractivity contribution in [1.82, 2.24) is 5.32 Å². The van der Waals surface area contributed by atoms with Crippen LogP contribution in [0.4, 0.5) is 4.39 Å². The van der Waals surface area contributed by atoms with E-state index in [1.807, 2.05) is 26.8 Å². The van der Waals surface area contributed by atoms with Gasteiger partial charge in [-0.2, -0.15) is 0 Å². The lowest BCUT2D eigenvalue weighted by Crippen LogP contribution is -2.27. The maximum Gasteiger partial charge on any atom is 0.220 e. The van der Waals surface area contributed by atoms with Gasteiger partial charge < -0.3 is 10.4 Å². The third-order valence-electron chi connectivity index (χ3n) is 3.69. The van der Waals surface area contributed by atoms with E-state index in [4.69, 9.17) is 5.11 Å². The summed E-state index contributed by atoms with van der Waals surface area (Å²) in [6.45, 7) is 6.68. The van der Waals surface area contributed by atoms with Crippen LogP contribution in [0.25, 0.3) is 0 Å². The minimum absolute atomic E-state index is 0.00502. The largest absolute Gasteiger partial charge is 0.396 e. The van der Waals surface area contributed by atoms with Gasteiger partial charge in [-0.15, -0.1) is 0 Å². The van der Waals surface area contributed by atoms with E-state index in [1.165, 1.54) is 12.1 Å². The molecule has 1 rings (SSSR count). The number of carbonyl (C=O) groups is 1. The molecule has 21 heavy (non-hydrogen) atoms. The Bertz CT molecular complexity index is 460. The molecule has 0 saturated carbocycles. The zero-order valence-electron chi connectivity index (χ0n) is 13.2. The summed E-state index contributed by atoms with van der Waals surface area (Å²) < 4.78 is 13.1. The van der Waals surface area contributed by atoms with E-state index in [9.17, 15) is 9.18 Å². The van der Waals surface area contributed by atoms with Gasteiger partial charge in [0.05, 0.1) is 0 Å². The molecule has 0 aliphatic heterocycles. The topological polar surface area (TPSA) is 49.3 Å². The first-order chi connectivity index (χ1) is 9.84. The van der Waals surface area contributed by atoms with Gasteiger partial charge in [-0.3, -0.25) is 4.79 Å². The smallest absolute Gasteiger partial charge is 0.220 e. The van der Waals surface area contributed by atoms with Gasteiger partial charge in [0.2, 0.25) is 5.91 Å². The lowest BCUT2D eigenvalue weighted by atomic mass is 9.89. The molecule has 1 amide bonds. The number of rotatable bonds is 8. The summed E-state index contributed by atoms with van der Waals surface area (Å²) in [6, 6.07) is 6.38. The summed E-state index contributed by atoms with van der Waals surface area (Å²) in [5, 5.41) is 12.0. The fourth-order valence-corrected chi connectivity index (χ4v) is 2.16. The van der Waals surface area contributed by atoms with Crippen LogP contribution in [0.2, 0.25) is 0 Å². The van der Waals surface area contributed by atoms with Crippen LogP contribution in [0.3, 0.4) is 0 Å². The Morgan fingerprint density at radius 2 is 2.14 bits per heavy atom. The molecule has 0 bridgehead atoms. The summed E-state index contributed by atoms with van der Waals surface area (Å²) >= 11 is 0. The second-order valence-electron chi connectivity index (χ2n) is 6.44. The third kappa shape index (κ3) is 6.71. The number of hydrogen-bond acceptors (Lipinski definition) is 2. The number of nitrogens with one attached hydrogen (secondary N) is 1. The standard InChI is InChI=1S/C17H26FNO2/c1-13(14-6-4-7-15(18)11-14)10-16(21)19-9-5-8-17(2,3)12-20/h4,6-7,11,13,20H,5,8-10,12H2,1-3H3,(H,19,21).